The molecule has 0 aliphatic carbocycles. The van der Waals surface area contributed by atoms with E-state index < -0.39 is 0 Å². The maximum absolute atomic E-state index is 12.6. The first-order chi connectivity index (χ1) is 10.2. The fourth-order valence-corrected chi connectivity index (χ4v) is 3.03. The molecule has 2 aliphatic heterocycles. The lowest BCUT2D eigenvalue weighted by atomic mass is 10.0. The molecule has 0 unspecified atom stereocenters. The zero-order valence-electron chi connectivity index (χ0n) is 12.7. The first-order valence-electron chi connectivity index (χ1n) is 7.92. The number of likely N-dealkylation sites (tertiary alicyclic amines) is 1. The maximum Gasteiger partial charge on any atom is 0.252 e. The van der Waals surface area contributed by atoms with Crippen LogP contribution < -0.4 is 0 Å². The van der Waals surface area contributed by atoms with E-state index in [0.29, 0.717) is 18.3 Å². The number of hydrogen-bond acceptors (Lipinski definition) is 5. The second kappa shape index (κ2) is 6.13. The molecule has 2 atom stereocenters. The highest BCUT2D eigenvalue weighted by atomic mass is 16.5. The third-order valence-corrected chi connectivity index (χ3v) is 4.25. The number of carbonyl (C=O) groups is 1. The zero-order valence-corrected chi connectivity index (χ0v) is 12.7. The van der Waals surface area contributed by atoms with E-state index in [0.717, 1.165) is 38.6 Å². The van der Waals surface area contributed by atoms with Crippen LogP contribution in [0.2, 0.25) is 0 Å². The van der Waals surface area contributed by atoms with Crippen LogP contribution in [0.5, 0.6) is 0 Å². The predicted molar refractivity (Wildman–Crippen MR) is 75.7 cm³/mol. The normalized spacial score (nSPS) is 26.5. The smallest absolute Gasteiger partial charge is 0.252 e. The molecule has 0 N–H and O–H groups in total. The van der Waals surface area contributed by atoms with Crippen molar-refractivity contribution < 1.29 is 14.1 Å². The van der Waals surface area contributed by atoms with Crippen molar-refractivity contribution in [3.8, 4) is 0 Å². The van der Waals surface area contributed by atoms with Crippen molar-refractivity contribution in [2.24, 2.45) is 0 Å². The highest BCUT2D eigenvalue weighted by Crippen LogP contribution is 2.32. The quantitative estimate of drug-likeness (QED) is 0.856. The van der Waals surface area contributed by atoms with E-state index in [-0.39, 0.29) is 24.0 Å². The highest BCUT2D eigenvalue weighted by Gasteiger charge is 2.37. The Morgan fingerprint density at radius 2 is 2.14 bits per heavy atom. The number of aromatic nitrogens is 2. The molecule has 0 radical (unpaired) electrons. The van der Waals surface area contributed by atoms with Gasteiger partial charge in [0.1, 0.15) is 12.1 Å². The molecular formula is C15H23N3O3. The lowest BCUT2D eigenvalue weighted by Crippen LogP contribution is -2.44. The Morgan fingerprint density at radius 1 is 1.29 bits per heavy atom. The molecule has 1 aromatic heterocycles. The minimum Gasteiger partial charge on any atom is -0.368 e. The molecule has 6 nitrogen and oxygen atoms in total. The molecule has 1 aromatic rings. The summed E-state index contributed by atoms with van der Waals surface area (Å²) < 4.78 is 11.0. The summed E-state index contributed by atoms with van der Waals surface area (Å²) in [4.78, 5) is 19.0. The highest BCUT2D eigenvalue weighted by molar-refractivity contribution is 5.81. The van der Waals surface area contributed by atoms with Crippen LogP contribution in [0.15, 0.2) is 4.52 Å². The molecule has 2 aliphatic rings. The zero-order chi connectivity index (χ0) is 14.8. The Morgan fingerprint density at radius 3 is 2.81 bits per heavy atom. The van der Waals surface area contributed by atoms with Crippen LogP contribution in [0.3, 0.4) is 0 Å². The molecule has 0 spiro atoms. The second-order valence-corrected chi connectivity index (χ2v) is 6.19. The average Bonchev–Trinajstić information content (AvgIpc) is 3.18. The van der Waals surface area contributed by atoms with Gasteiger partial charge in [0.05, 0.1) is 0 Å². The monoisotopic (exact) mass is 293 g/mol. The van der Waals surface area contributed by atoms with Crippen LogP contribution in [0.4, 0.5) is 0 Å². The van der Waals surface area contributed by atoms with Crippen molar-refractivity contribution in [1.29, 1.82) is 0 Å². The van der Waals surface area contributed by atoms with Crippen molar-refractivity contribution in [1.82, 2.24) is 15.0 Å². The first kappa shape index (κ1) is 14.5. The van der Waals surface area contributed by atoms with Gasteiger partial charge in [-0.3, -0.25) is 4.79 Å². The van der Waals surface area contributed by atoms with E-state index in [1.807, 2.05) is 18.7 Å². The van der Waals surface area contributed by atoms with E-state index in [4.69, 9.17) is 9.26 Å². The molecule has 0 saturated carbocycles. The van der Waals surface area contributed by atoms with Crippen LogP contribution in [0.25, 0.3) is 0 Å². The Hall–Kier alpha value is -1.43. The van der Waals surface area contributed by atoms with E-state index in [2.05, 4.69) is 10.1 Å². The van der Waals surface area contributed by atoms with Gasteiger partial charge in [0, 0.05) is 19.1 Å². The largest absolute Gasteiger partial charge is 0.368 e. The summed E-state index contributed by atoms with van der Waals surface area (Å²) in [5.74, 6) is 1.60. The van der Waals surface area contributed by atoms with Crippen LogP contribution in [0, 0.1) is 0 Å². The topological polar surface area (TPSA) is 68.5 Å². The van der Waals surface area contributed by atoms with Gasteiger partial charge in [-0.2, -0.15) is 4.98 Å². The Labute approximate surface area is 124 Å². The number of amides is 1. The van der Waals surface area contributed by atoms with Crippen molar-refractivity contribution in [3.05, 3.63) is 11.7 Å². The number of ether oxygens (including phenoxy) is 1. The first-order valence-corrected chi connectivity index (χ1v) is 7.92. The number of carbonyl (C=O) groups excluding carboxylic acids is 1. The molecule has 2 fully saturated rings. The van der Waals surface area contributed by atoms with Crippen molar-refractivity contribution in [2.45, 2.75) is 64.0 Å². The molecule has 6 heteroatoms. The lowest BCUT2D eigenvalue weighted by molar-refractivity contribution is -0.145. The SMILES string of the molecule is CC(C)c1noc([C@@H]2CCCCN2C(=O)[C@@H]2CCCO2)n1. The second-order valence-electron chi connectivity index (χ2n) is 6.19. The molecule has 2 saturated heterocycles. The van der Waals surface area contributed by atoms with Gasteiger partial charge < -0.3 is 14.2 Å². The fourth-order valence-electron chi connectivity index (χ4n) is 3.03. The summed E-state index contributed by atoms with van der Waals surface area (Å²) >= 11 is 0. The Kier molecular flexibility index (Phi) is 4.24. The standard InChI is InChI=1S/C15H23N3O3/c1-10(2)13-16-14(21-17-13)11-6-3-4-8-18(11)15(19)12-7-5-9-20-12/h10-12H,3-9H2,1-2H3/t11-,12-/m0/s1. The van der Waals surface area contributed by atoms with Gasteiger partial charge in [0.2, 0.25) is 5.89 Å². The molecule has 116 valence electrons. The maximum atomic E-state index is 12.6. The van der Waals surface area contributed by atoms with Crippen molar-refractivity contribution in [3.63, 3.8) is 0 Å². The minimum atomic E-state index is -0.280. The number of nitrogens with zero attached hydrogens (tertiary/aromatic N) is 3. The van der Waals surface area contributed by atoms with Crippen molar-refractivity contribution >= 4 is 5.91 Å². The average molecular weight is 293 g/mol. The summed E-state index contributed by atoms with van der Waals surface area (Å²) in [5.41, 5.74) is 0. The Bertz CT molecular complexity index is 494. The van der Waals surface area contributed by atoms with Gasteiger partial charge in [-0.25, -0.2) is 0 Å². The molecule has 0 aromatic carbocycles. The van der Waals surface area contributed by atoms with E-state index in [1.54, 1.807) is 0 Å². The van der Waals surface area contributed by atoms with Crippen molar-refractivity contribution in [2.75, 3.05) is 13.2 Å². The molecular weight excluding hydrogens is 270 g/mol. The third kappa shape index (κ3) is 2.95. The fraction of sp³-hybridized carbons (Fsp3) is 0.800. The van der Waals surface area contributed by atoms with Gasteiger partial charge in [-0.05, 0) is 32.1 Å². The van der Waals surface area contributed by atoms with E-state index in [1.165, 1.54) is 0 Å². The van der Waals surface area contributed by atoms with Gasteiger partial charge >= 0.3 is 0 Å². The third-order valence-electron chi connectivity index (χ3n) is 4.25. The molecule has 3 heterocycles. The van der Waals surface area contributed by atoms with Gasteiger partial charge in [-0.1, -0.05) is 19.0 Å². The summed E-state index contributed by atoms with van der Waals surface area (Å²) in [5, 5.41) is 4.03. The van der Waals surface area contributed by atoms with E-state index in [9.17, 15) is 4.79 Å². The number of hydrogen-bond donors (Lipinski definition) is 0. The summed E-state index contributed by atoms with van der Waals surface area (Å²) in [6, 6.07) is -0.0875. The summed E-state index contributed by atoms with van der Waals surface area (Å²) in [7, 11) is 0. The molecule has 3 rings (SSSR count). The van der Waals surface area contributed by atoms with E-state index >= 15 is 0 Å². The van der Waals surface area contributed by atoms with Crippen LogP contribution in [0.1, 0.15) is 69.6 Å². The lowest BCUT2D eigenvalue weighted by Gasteiger charge is -2.34. The minimum absolute atomic E-state index is 0.0847. The van der Waals surface area contributed by atoms with Crippen LogP contribution >= 0.6 is 0 Å². The summed E-state index contributed by atoms with van der Waals surface area (Å²) in [6.45, 7) is 5.51. The van der Waals surface area contributed by atoms with Gasteiger partial charge in [0.15, 0.2) is 5.82 Å². The van der Waals surface area contributed by atoms with Crippen LogP contribution in [-0.2, 0) is 9.53 Å². The van der Waals surface area contributed by atoms with Gasteiger partial charge in [-0.15, -0.1) is 0 Å². The Balaban J connectivity index is 1.78. The molecule has 0 bridgehead atoms. The predicted octanol–water partition coefficient (Wildman–Crippen LogP) is 2.43. The molecule has 1 amide bonds. The number of piperidine rings is 1. The number of rotatable bonds is 3. The summed E-state index contributed by atoms with van der Waals surface area (Å²) in [6.07, 6.45) is 4.51. The van der Waals surface area contributed by atoms with Gasteiger partial charge in [0.25, 0.3) is 5.91 Å². The molecule has 21 heavy (non-hydrogen) atoms. The van der Waals surface area contributed by atoms with Crippen LogP contribution in [-0.4, -0.2) is 40.2 Å².